The summed E-state index contributed by atoms with van der Waals surface area (Å²) in [6.07, 6.45) is -0.619. The highest BCUT2D eigenvalue weighted by atomic mass is 16.5. The second-order valence-corrected chi connectivity index (χ2v) is 5.32. The van der Waals surface area contributed by atoms with Crippen LogP contribution in [0.3, 0.4) is 0 Å². The second kappa shape index (κ2) is 7.45. The fourth-order valence-electron chi connectivity index (χ4n) is 2.03. The van der Waals surface area contributed by atoms with Gasteiger partial charge in [0.25, 0.3) is 5.91 Å². The van der Waals surface area contributed by atoms with E-state index < -0.39 is 6.10 Å². The Kier molecular flexibility index (Phi) is 5.36. The summed E-state index contributed by atoms with van der Waals surface area (Å²) in [7, 11) is 0. The molecular formula is C18H20N2O3. The monoisotopic (exact) mass is 312 g/mol. The van der Waals surface area contributed by atoms with Crippen LogP contribution in [-0.2, 0) is 9.59 Å². The highest BCUT2D eigenvalue weighted by molar-refractivity contribution is 5.94. The third kappa shape index (κ3) is 5.14. The van der Waals surface area contributed by atoms with Gasteiger partial charge in [-0.05, 0) is 55.8 Å². The molecule has 5 heteroatoms. The maximum atomic E-state index is 12.2. The summed E-state index contributed by atoms with van der Waals surface area (Å²) < 4.78 is 5.64. The lowest BCUT2D eigenvalue weighted by Crippen LogP contribution is -2.30. The van der Waals surface area contributed by atoms with Crippen LogP contribution in [-0.4, -0.2) is 17.9 Å². The summed E-state index contributed by atoms with van der Waals surface area (Å²) in [6, 6.07) is 14.5. The van der Waals surface area contributed by atoms with Crippen molar-refractivity contribution in [1.82, 2.24) is 0 Å². The van der Waals surface area contributed by atoms with Gasteiger partial charge in [0.15, 0.2) is 6.10 Å². The summed E-state index contributed by atoms with van der Waals surface area (Å²) in [4.78, 5) is 23.1. The third-order valence-corrected chi connectivity index (χ3v) is 3.14. The van der Waals surface area contributed by atoms with E-state index >= 15 is 0 Å². The summed E-state index contributed by atoms with van der Waals surface area (Å²) in [6.45, 7) is 5.11. The zero-order chi connectivity index (χ0) is 16.8. The predicted molar refractivity (Wildman–Crippen MR) is 90.6 cm³/mol. The van der Waals surface area contributed by atoms with Crippen LogP contribution in [0.4, 0.5) is 11.4 Å². The molecule has 2 aromatic carbocycles. The van der Waals surface area contributed by atoms with Crippen molar-refractivity contribution in [1.29, 1.82) is 0 Å². The Labute approximate surface area is 135 Å². The van der Waals surface area contributed by atoms with Crippen LogP contribution in [0.5, 0.6) is 5.75 Å². The number of rotatable bonds is 5. The predicted octanol–water partition coefficient (Wildman–Crippen LogP) is 3.36. The van der Waals surface area contributed by atoms with Crippen LogP contribution in [0.15, 0.2) is 48.5 Å². The van der Waals surface area contributed by atoms with E-state index in [-0.39, 0.29) is 11.8 Å². The molecule has 2 amide bonds. The lowest BCUT2D eigenvalue weighted by Gasteiger charge is -2.15. The standard InChI is InChI=1S/C18H20N2O3/c1-12-5-4-6-17(11-12)23-13(2)18(22)20-16-9-7-15(8-10-16)19-14(3)21/h4-11,13H,1-3H3,(H,19,21)(H,20,22). The number of nitrogens with one attached hydrogen (secondary N) is 2. The summed E-state index contributed by atoms with van der Waals surface area (Å²) in [5.41, 5.74) is 2.40. The fourth-order valence-corrected chi connectivity index (χ4v) is 2.03. The molecule has 2 aromatic rings. The first-order valence-electron chi connectivity index (χ1n) is 7.36. The average molecular weight is 312 g/mol. The van der Waals surface area contributed by atoms with Crippen molar-refractivity contribution in [2.45, 2.75) is 26.9 Å². The van der Waals surface area contributed by atoms with Gasteiger partial charge in [0.05, 0.1) is 0 Å². The summed E-state index contributed by atoms with van der Waals surface area (Å²) in [5, 5.41) is 5.45. The van der Waals surface area contributed by atoms with Gasteiger partial charge in [-0.3, -0.25) is 9.59 Å². The smallest absolute Gasteiger partial charge is 0.265 e. The Hall–Kier alpha value is -2.82. The van der Waals surface area contributed by atoms with Crippen LogP contribution >= 0.6 is 0 Å². The molecule has 120 valence electrons. The Bertz CT molecular complexity index is 696. The van der Waals surface area contributed by atoms with E-state index in [1.54, 1.807) is 31.2 Å². The molecule has 0 saturated carbocycles. The van der Waals surface area contributed by atoms with Gasteiger partial charge >= 0.3 is 0 Å². The molecule has 0 radical (unpaired) electrons. The van der Waals surface area contributed by atoms with Gasteiger partial charge in [0.1, 0.15) is 5.75 Å². The topological polar surface area (TPSA) is 67.4 Å². The van der Waals surface area contributed by atoms with Gasteiger partial charge < -0.3 is 15.4 Å². The molecule has 2 rings (SSSR count). The zero-order valence-corrected chi connectivity index (χ0v) is 13.4. The molecule has 1 atom stereocenters. The van der Waals surface area contributed by atoms with Crippen molar-refractivity contribution < 1.29 is 14.3 Å². The molecule has 0 fully saturated rings. The molecule has 23 heavy (non-hydrogen) atoms. The quantitative estimate of drug-likeness (QED) is 0.889. The van der Waals surface area contributed by atoms with Crippen molar-refractivity contribution in [2.75, 3.05) is 10.6 Å². The van der Waals surface area contributed by atoms with Crippen molar-refractivity contribution in [3.8, 4) is 5.75 Å². The van der Waals surface area contributed by atoms with E-state index in [0.717, 1.165) is 5.56 Å². The van der Waals surface area contributed by atoms with Crippen LogP contribution < -0.4 is 15.4 Å². The number of ether oxygens (including phenoxy) is 1. The highest BCUT2D eigenvalue weighted by Crippen LogP contribution is 2.16. The maximum Gasteiger partial charge on any atom is 0.265 e. The van der Waals surface area contributed by atoms with Crippen molar-refractivity contribution in [3.63, 3.8) is 0 Å². The van der Waals surface area contributed by atoms with Crippen molar-refractivity contribution in [3.05, 3.63) is 54.1 Å². The van der Waals surface area contributed by atoms with Gasteiger partial charge in [0.2, 0.25) is 5.91 Å². The Morgan fingerprint density at radius 1 is 1.00 bits per heavy atom. The van der Waals surface area contributed by atoms with Crippen molar-refractivity contribution in [2.24, 2.45) is 0 Å². The van der Waals surface area contributed by atoms with E-state index in [2.05, 4.69) is 10.6 Å². The highest BCUT2D eigenvalue weighted by Gasteiger charge is 2.14. The maximum absolute atomic E-state index is 12.2. The number of anilines is 2. The number of carbonyl (C=O) groups is 2. The minimum Gasteiger partial charge on any atom is -0.481 e. The molecule has 0 bridgehead atoms. The normalized spacial score (nSPS) is 11.4. The van der Waals surface area contributed by atoms with Crippen LogP contribution in [0.1, 0.15) is 19.4 Å². The SMILES string of the molecule is CC(=O)Nc1ccc(NC(=O)C(C)Oc2cccc(C)c2)cc1. The van der Waals surface area contributed by atoms with E-state index in [1.165, 1.54) is 6.92 Å². The molecule has 0 heterocycles. The van der Waals surface area contributed by atoms with E-state index in [1.807, 2.05) is 31.2 Å². The molecule has 1 unspecified atom stereocenters. The first-order chi connectivity index (χ1) is 10.9. The summed E-state index contributed by atoms with van der Waals surface area (Å²) >= 11 is 0. The van der Waals surface area contributed by atoms with Gasteiger partial charge in [-0.25, -0.2) is 0 Å². The minimum absolute atomic E-state index is 0.137. The molecule has 2 N–H and O–H groups in total. The first kappa shape index (κ1) is 16.5. The molecule has 0 aromatic heterocycles. The van der Waals surface area contributed by atoms with Gasteiger partial charge in [-0.1, -0.05) is 12.1 Å². The van der Waals surface area contributed by atoms with Crippen LogP contribution in [0.2, 0.25) is 0 Å². The molecule has 0 aliphatic rings. The Balaban J connectivity index is 1.94. The number of hydrogen-bond donors (Lipinski definition) is 2. The second-order valence-electron chi connectivity index (χ2n) is 5.32. The largest absolute Gasteiger partial charge is 0.481 e. The van der Waals surface area contributed by atoms with Gasteiger partial charge in [-0.2, -0.15) is 0 Å². The summed E-state index contributed by atoms with van der Waals surface area (Å²) in [5.74, 6) is 0.286. The number of benzene rings is 2. The average Bonchev–Trinajstić information content (AvgIpc) is 2.48. The first-order valence-corrected chi connectivity index (χ1v) is 7.36. The molecule has 0 aliphatic heterocycles. The van der Waals surface area contributed by atoms with Gasteiger partial charge in [0, 0.05) is 18.3 Å². The van der Waals surface area contributed by atoms with E-state index in [0.29, 0.717) is 17.1 Å². The Morgan fingerprint density at radius 2 is 1.61 bits per heavy atom. The van der Waals surface area contributed by atoms with E-state index in [9.17, 15) is 9.59 Å². The molecule has 0 aliphatic carbocycles. The number of amides is 2. The van der Waals surface area contributed by atoms with Crippen LogP contribution in [0.25, 0.3) is 0 Å². The van der Waals surface area contributed by atoms with E-state index in [4.69, 9.17) is 4.74 Å². The van der Waals surface area contributed by atoms with Gasteiger partial charge in [-0.15, -0.1) is 0 Å². The number of aryl methyl sites for hydroxylation is 1. The molecule has 0 spiro atoms. The third-order valence-electron chi connectivity index (χ3n) is 3.14. The van der Waals surface area contributed by atoms with Crippen LogP contribution in [0, 0.1) is 6.92 Å². The number of carbonyl (C=O) groups excluding carboxylic acids is 2. The lowest BCUT2D eigenvalue weighted by atomic mass is 10.2. The molecular weight excluding hydrogens is 292 g/mol. The van der Waals surface area contributed by atoms with Crippen molar-refractivity contribution >= 4 is 23.2 Å². The Morgan fingerprint density at radius 3 is 2.17 bits per heavy atom. The zero-order valence-electron chi connectivity index (χ0n) is 13.4. The number of hydrogen-bond acceptors (Lipinski definition) is 3. The molecule has 5 nitrogen and oxygen atoms in total. The fraction of sp³-hybridized carbons (Fsp3) is 0.222. The lowest BCUT2D eigenvalue weighted by molar-refractivity contribution is -0.122. The molecule has 0 saturated heterocycles. The minimum atomic E-state index is -0.619.